The van der Waals surface area contributed by atoms with Gasteiger partial charge < -0.3 is 5.32 Å². The van der Waals surface area contributed by atoms with Gasteiger partial charge in [0.25, 0.3) is 0 Å². The summed E-state index contributed by atoms with van der Waals surface area (Å²) in [4.78, 5) is 11.7. The highest BCUT2D eigenvalue weighted by Gasteiger charge is 2.24. The van der Waals surface area contributed by atoms with Crippen LogP contribution in [0.1, 0.15) is 24.8 Å². The Labute approximate surface area is 115 Å². The van der Waals surface area contributed by atoms with Crippen LogP contribution in [-0.2, 0) is 7.05 Å². The molecule has 0 radical (unpaired) electrons. The average molecular weight is 280 g/mol. The minimum Gasteiger partial charge on any atom is -0.355 e. The van der Waals surface area contributed by atoms with Crippen LogP contribution >= 0.6 is 11.3 Å². The normalized spacial score (nSPS) is 12.6. The summed E-state index contributed by atoms with van der Waals surface area (Å²) in [6, 6.07) is 4.02. The minimum atomic E-state index is -0.416. The molecule has 0 fully saturated rings. The van der Waals surface area contributed by atoms with Crippen LogP contribution in [0.5, 0.6) is 0 Å². The van der Waals surface area contributed by atoms with E-state index in [0.29, 0.717) is 11.7 Å². The van der Waals surface area contributed by atoms with Gasteiger partial charge in [-0.05, 0) is 17.4 Å². The Bertz CT molecular complexity index is 562. The van der Waals surface area contributed by atoms with E-state index in [4.69, 9.17) is 0 Å². The van der Waals surface area contributed by atoms with Gasteiger partial charge in [0.1, 0.15) is 6.20 Å². The molecule has 0 aliphatic heterocycles. The zero-order chi connectivity index (χ0) is 14.0. The van der Waals surface area contributed by atoms with Gasteiger partial charge in [-0.1, -0.05) is 19.9 Å². The number of hydrogen-bond donors (Lipinski definition) is 1. The first-order valence-electron chi connectivity index (χ1n) is 5.97. The predicted molar refractivity (Wildman–Crippen MR) is 75.4 cm³/mol. The summed E-state index contributed by atoms with van der Waals surface area (Å²) in [6.45, 7) is 4.15. The molecular formula is C12H16N4O2S. The van der Waals surface area contributed by atoms with Crippen molar-refractivity contribution < 1.29 is 4.92 Å². The van der Waals surface area contributed by atoms with Gasteiger partial charge in [0, 0.05) is 11.9 Å². The van der Waals surface area contributed by atoms with Gasteiger partial charge in [0.15, 0.2) is 0 Å². The van der Waals surface area contributed by atoms with Gasteiger partial charge in [-0.2, -0.15) is 0 Å². The highest BCUT2D eigenvalue weighted by molar-refractivity contribution is 7.10. The van der Waals surface area contributed by atoms with E-state index in [2.05, 4.69) is 24.3 Å². The molecule has 6 nitrogen and oxygen atoms in total. The largest absolute Gasteiger partial charge is 0.355 e. The standard InChI is InChI=1S/C12H16N4O2S/c1-8(2)11(10-5-4-6-19-10)13-12-9(16(17)18)7-15(3)14-12/h4-8,11H,1-3H3,(H,13,14). The summed E-state index contributed by atoms with van der Waals surface area (Å²) >= 11 is 1.63. The van der Waals surface area contributed by atoms with Crippen molar-refractivity contribution in [2.75, 3.05) is 5.32 Å². The molecule has 0 spiro atoms. The van der Waals surface area contributed by atoms with E-state index < -0.39 is 4.92 Å². The first-order valence-corrected chi connectivity index (χ1v) is 6.85. The van der Waals surface area contributed by atoms with Crippen LogP contribution < -0.4 is 5.32 Å². The predicted octanol–water partition coefficient (Wildman–Crippen LogP) is 3.20. The molecule has 2 rings (SSSR count). The second-order valence-electron chi connectivity index (χ2n) is 4.68. The Morgan fingerprint density at radius 2 is 2.26 bits per heavy atom. The zero-order valence-corrected chi connectivity index (χ0v) is 11.8. The molecule has 2 heterocycles. The molecule has 0 aromatic carbocycles. The molecule has 1 atom stereocenters. The fourth-order valence-corrected chi connectivity index (χ4v) is 2.84. The molecule has 102 valence electrons. The summed E-state index contributed by atoms with van der Waals surface area (Å²) in [7, 11) is 1.67. The number of anilines is 1. The number of nitrogens with one attached hydrogen (secondary N) is 1. The van der Waals surface area contributed by atoms with Gasteiger partial charge in [-0.25, -0.2) is 0 Å². The molecule has 1 N–H and O–H groups in total. The van der Waals surface area contributed by atoms with Crippen molar-refractivity contribution in [3.05, 3.63) is 38.7 Å². The fraction of sp³-hybridized carbons (Fsp3) is 0.417. The number of nitrogens with zero attached hydrogens (tertiary/aromatic N) is 3. The summed E-state index contributed by atoms with van der Waals surface area (Å²) in [5.74, 6) is 0.625. The van der Waals surface area contributed by atoms with E-state index in [0.717, 1.165) is 4.88 Å². The number of thiophene rings is 1. The number of rotatable bonds is 5. The molecule has 0 saturated heterocycles. The number of hydrogen-bond acceptors (Lipinski definition) is 5. The molecule has 0 bridgehead atoms. The first kappa shape index (κ1) is 13.5. The van der Waals surface area contributed by atoms with Crippen LogP contribution in [0.4, 0.5) is 11.5 Å². The van der Waals surface area contributed by atoms with Crippen molar-refractivity contribution in [2.24, 2.45) is 13.0 Å². The van der Waals surface area contributed by atoms with Crippen LogP contribution in [0.2, 0.25) is 0 Å². The molecule has 0 aliphatic carbocycles. The highest BCUT2D eigenvalue weighted by atomic mass is 32.1. The maximum Gasteiger partial charge on any atom is 0.330 e. The molecule has 7 heteroatoms. The van der Waals surface area contributed by atoms with Gasteiger partial charge in [0.05, 0.1) is 11.0 Å². The quantitative estimate of drug-likeness (QED) is 0.674. The molecule has 2 aromatic rings. The third kappa shape index (κ3) is 2.93. The second-order valence-corrected chi connectivity index (χ2v) is 5.65. The third-order valence-corrected chi connectivity index (χ3v) is 3.77. The molecule has 2 aromatic heterocycles. The topological polar surface area (TPSA) is 73.0 Å². The van der Waals surface area contributed by atoms with E-state index in [1.807, 2.05) is 17.5 Å². The highest BCUT2D eigenvalue weighted by Crippen LogP contribution is 2.32. The van der Waals surface area contributed by atoms with Crippen molar-refractivity contribution in [1.29, 1.82) is 0 Å². The Morgan fingerprint density at radius 3 is 2.79 bits per heavy atom. The summed E-state index contributed by atoms with van der Waals surface area (Å²) in [5.41, 5.74) is 0.00436. The average Bonchev–Trinajstić information content (AvgIpc) is 2.94. The van der Waals surface area contributed by atoms with E-state index >= 15 is 0 Å². The SMILES string of the molecule is CC(C)C(Nc1nn(C)cc1[N+](=O)[O-])c1cccs1. The first-order chi connectivity index (χ1) is 8.99. The Hall–Kier alpha value is -1.89. The third-order valence-electron chi connectivity index (χ3n) is 2.81. The number of aryl methyl sites for hydroxylation is 1. The van der Waals surface area contributed by atoms with Gasteiger partial charge in [-0.15, -0.1) is 16.4 Å². The lowest BCUT2D eigenvalue weighted by molar-refractivity contribution is -0.384. The zero-order valence-electron chi connectivity index (χ0n) is 11.0. The molecule has 0 aliphatic rings. The smallest absolute Gasteiger partial charge is 0.330 e. The van der Waals surface area contributed by atoms with Crippen LogP contribution in [0.25, 0.3) is 0 Å². The van der Waals surface area contributed by atoms with Gasteiger partial charge >= 0.3 is 5.69 Å². The molecule has 0 saturated carbocycles. The van der Waals surface area contributed by atoms with E-state index in [-0.39, 0.29) is 11.7 Å². The van der Waals surface area contributed by atoms with Crippen LogP contribution in [0, 0.1) is 16.0 Å². The Kier molecular flexibility index (Phi) is 3.84. The van der Waals surface area contributed by atoms with E-state index in [9.17, 15) is 10.1 Å². The maximum atomic E-state index is 11.0. The van der Waals surface area contributed by atoms with Crippen molar-refractivity contribution >= 4 is 22.8 Å². The van der Waals surface area contributed by atoms with Crippen molar-refractivity contribution in [1.82, 2.24) is 9.78 Å². The van der Waals surface area contributed by atoms with Crippen LogP contribution in [-0.4, -0.2) is 14.7 Å². The summed E-state index contributed by atoms with van der Waals surface area (Å²) in [6.07, 6.45) is 1.41. The maximum absolute atomic E-state index is 11.0. The van der Waals surface area contributed by atoms with Crippen molar-refractivity contribution in [3.8, 4) is 0 Å². The molecule has 0 amide bonds. The second kappa shape index (κ2) is 5.40. The van der Waals surface area contributed by atoms with Gasteiger partial charge in [0.2, 0.25) is 5.82 Å². The van der Waals surface area contributed by atoms with Crippen LogP contribution in [0.3, 0.4) is 0 Å². The fourth-order valence-electron chi connectivity index (χ4n) is 1.89. The number of aromatic nitrogens is 2. The number of nitro groups is 1. The Balaban J connectivity index is 2.30. The summed E-state index contributed by atoms with van der Waals surface area (Å²) < 4.78 is 1.45. The molecule has 19 heavy (non-hydrogen) atoms. The summed E-state index contributed by atoms with van der Waals surface area (Å²) in [5, 5.41) is 20.3. The Morgan fingerprint density at radius 1 is 1.53 bits per heavy atom. The molecule has 1 unspecified atom stereocenters. The lowest BCUT2D eigenvalue weighted by atomic mass is 10.0. The van der Waals surface area contributed by atoms with Gasteiger partial charge in [-0.3, -0.25) is 14.8 Å². The van der Waals surface area contributed by atoms with Crippen LogP contribution in [0.15, 0.2) is 23.7 Å². The lowest BCUT2D eigenvalue weighted by Gasteiger charge is -2.20. The van der Waals surface area contributed by atoms with E-state index in [1.165, 1.54) is 10.9 Å². The lowest BCUT2D eigenvalue weighted by Crippen LogP contribution is -2.16. The van der Waals surface area contributed by atoms with Crippen molar-refractivity contribution in [3.63, 3.8) is 0 Å². The van der Waals surface area contributed by atoms with E-state index in [1.54, 1.807) is 18.4 Å². The van der Waals surface area contributed by atoms with Crippen molar-refractivity contribution in [2.45, 2.75) is 19.9 Å². The molecular weight excluding hydrogens is 264 g/mol. The minimum absolute atomic E-state index is 0.00436. The monoisotopic (exact) mass is 280 g/mol.